The molecule has 3 heterocycles. The number of hydrogen-bond donors (Lipinski definition) is 2. The van der Waals surface area contributed by atoms with E-state index in [9.17, 15) is 18.0 Å². The van der Waals surface area contributed by atoms with Gasteiger partial charge in [0.25, 0.3) is 0 Å². The van der Waals surface area contributed by atoms with Gasteiger partial charge in [-0.2, -0.15) is 14.4 Å². The van der Waals surface area contributed by atoms with Gasteiger partial charge in [-0.05, 0) is 45.4 Å². The van der Waals surface area contributed by atoms with E-state index in [-0.39, 0.29) is 36.3 Å². The first kappa shape index (κ1) is 30.5. The van der Waals surface area contributed by atoms with Crippen molar-refractivity contribution >= 4 is 27.1 Å². The quantitative estimate of drug-likeness (QED) is 0.342. The van der Waals surface area contributed by atoms with Crippen molar-refractivity contribution in [3.05, 3.63) is 34.2 Å². The molecule has 1 saturated heterocycles. The second kappa shape index (κ2) is 12.2. The number of aromatic amines is 1. The lowest BCUT2D eigenvalue weighted by Gasteiger charge is -2.40. The van der Waals surface area contributed by atoms with E-state index in [1.807, 2.05) is 34.7 Å². The maximum Gasteiger partial charge on any atom is 0.411 e. The number of amides is 1. The number of sulfonamides is 1. The standard InChI is InChI=1S/C27H39N7O6S/c1-7-9-21-24-23(31-30-21)26(35)29-25(32(24)5)20-16-19(10-11-22(20)39-8-2)41(37,38)33-12-14-34(6,15-13-33)17-40-27(36)28-18(3)4/h10-11,16,18H,7-9,12-15,17H2,1-6H3,(H-,28,30,31,35,36)/p+1. The van der Waals surface area contributed by atoms with E-state index in [0.29, 0.717) is 53.3 Å². The Morgan fingerprint density at radius 2 is 1.93 bits per heavy atom. The molecule has 1 fully saturated rings. The zero-order valence-corrected chi connectivity index (χ0v) is 25.4. The van der Waals surface area contributed by atoms with Gasteiger partial charge in [-0.25, -0.2) is 13.2 Å². The summed E-state index contributed by atoms with van der Waals surface area (Å²) in [6, 6.07) is 4.61. The fourth-order valence-electron chi connectivity index (χ4n) is 4.94. The molecule has 2 N–H and O–H groups in total. The average Bonchev–Trinajstić information content (AvgIpc) is 3.35. The van der Waals surface area contributed by atoms with Gasteiger partial charge < -0.3 is 19.4 Å². The lowest BCUT2D eigenvalue weighted by molar-refractivity contribution is -0.928. The zero-order valence-electron chi connectivity index (χ0n) is 24.6. The molecule has 1 aliphatic rings. The third kappa shape index (κ3) is 6.39. The zero-order chi connectivity index (χ0) is 29.9. The Kier molecular flexibility index (Phi) is 9.04. The van der Waals surface area contributed by atoms with Gasteiger partial charge in [0.15, 0.2) is 5.52 Å². The number of nitrogens with zero attached hydrogens (tertiary/aromatic N) is 5. The molecule has 14 heteroatoms. The number of H-pyrrole nitrogens is 1. The van der Waals surface area contributed by atoms with Crippen molar-refractivity contribution in [3.8, 4) is 17.1 Å². The highest BCUT2D eigenvalue weighted by molar-refractivity contribution is 7.89. The second-order valence-corrected chi connectivity index (χ2v) is 12.8. The van der Waals surface area contributed by atoms with Gasteiger partial charge in [0.1, 0.15) is 11.6 Å². The molecule has 0 bridgehead atoms. The molecule has 0 saturated carbocycles. The number of nitrogens with one attached hydrogen (secondary N) is 2. The van der Waals surface area contributed by atoms with Crippen LogP contribution in [-0.2, 0) is 28.2 Å². The first-order valence-corrected chi connectivity index (χ1v) is 15.3. The highest BCUT2D eigenvalue weighted by Gasteiger charge is 2.36. The van der Waals surface area contributed by atoms with Crippen LogP contribution < -0.4 is 15.6 Å². The van der Waals surface area contributed by atoms with Crippen molar-refractivity contribution in [1.82, 2.24) is 29.4 Å². The van der Waals surface area contributed by atoms with Crippen molar-refractivity contribution in [3.63, 3.8) is 0 Å². The van der Waals surface area contributed by atoms with Gasteiger partial charge in [0, 0.05) is 13.1 Å². The van der Waals surface area contributed by atoms with Crippen LogP contribution in [0, 0.1) is 0 Å². The molecular weight excluding hydrogens is 550 g/mol. The summed E-state index contributed by atoms with van der Waals surface area (Å²) in [5, 5.41) is 9.81. The van der Waals surface area contributed by atoms with Crippen molar-refractivity contribution in [2.24, 2.45) is 7.05 Å². The van der Waals surface area contributed by atoms with Crippen LogP contribution in [0.5, 0.6) is 5.75 Å². The van der Waals surface area contributed by atoms with E-state index in [1.165, 1.54) is 16.4 Å². The van der Waals surface area contributed by atoms with Gasteiger partial charge in [0.2, 0.25) is 16.8 Å². The van der Waals surface area contributed by atoms with Gasteiger partial charge >= 0.3 is 11.7 Å². The molecule has 0 spiro atoms. The molecule has 1 aromatic carbocycles. The highest BCUT2D eigenvalue weighted by Crippen LogP contribution is 2.33. The van der Waals surface area contributed by atoms with Crippen LogP contribution >= 0.6 is 0 Å². The van der Waals surface area contributed by atoms with Crippen LogP contribution in [0.1, 0.15) is 39.8 Å². The fraction of sp³-hybridized carbons (Fsp3) is 0.556. The Bertz CT molecular complexity index is 1570. The van der Waals surface area contributed by atoms with E-state index in [2.05, 4.69) is 20.5 Å². The molecule has 224 valence electrons. The molecule has 13 nitrogen and oxygen atoms in total. The Morgan fingerprint density at radius 3 is 2.56 bits per heavy atom. The number of aromatic nitrogens is 4. The molecule has 41 heavy (non-hydrogen) atoms. The number of hydrogen-bond acceptors (Lipinski definition) is 8. The first-order chi connectivity index (χ1) is 19.4. The van der Waals surface area contributed by atoms with Crippen LogP contribution in [0.25, 0.3) is 22.4 Å². The summed E-state index contributed by atoms with van der Waals surface area (Å²) < 4.78 is 42.4. The number of carbonyl (C=O) groups is 1. The van der Waals surface area contributed by atoms with Crippen molar-refractivity contribution in [2.45, 2.75) is 51.5 Å². The van der Waals surface area contributed by atoms with Gasteiger partial charge in [-0.1, -0.05) is 13.3 Å². The SMILES string of the molecule is CCCc1[nH]nc2c(=O)nc(-c3cc(S(=O)(=O)N4CC[N+](C)(COC(=O)NC(C)C)CC4)ccc3OCC)n(C)c12. The van der Waals surface area contributed by atoms with E-state index >= 15 is 0 Å². The summed E-state index contributed by atoms with van der Waals surface area (Å²) in [7, 11) is -0.162. The monoisotopic (exact) mass is 590 g/mol. The predicted molar refractivity (Wildman–Crippen MR) is 154 cm³/mol. The van der Waals surface area contributed by atoms with Crippen molar-refractivity contribution < 1.29 is 27.2 Å². The van der Waals surface area contributed by atoms with Gasteiger partial charge in [0.05, 0.1) is 61.5 Å². The number of benzene rings is 1. The van der Waals surface area contributed by atoms with E-state index in [1.54, 1.807) is 17.7 Å². The number of carbonyl (C=O) groups excluding carboxylic acids is 1. The average molecular weight is 591 g/mol. The van der Waals surface area contributed by atoms with Crippen molar-refractivity contribution in [2.75, 3.05) is 46.6 Å². The van der Waals surface area contributed by atoms with Crippen LogP contribution in [0.15, 0.2) is 27.9 Å². The molecule has 2 aromatic heterocycles. The van der Waals surface area contributed by atoms with Crippen LogP contribution in [0.2, 0.25) is 0 Å². The minimum absolute atomic E-state index is 0.0357. The molecule has 0 unspecified atom stereocenters. The van der Waals surface area contributed by atoms with Crippen LogP contribution in [-0.4, -0.2) is 95.7 Å². The number of fused-ring (bicyclic) bond motifs is 1. The van der Waals surface area contributed by atoms with Gasteiger partial charge in [-0.15, -0.1) is 0 Å². The van der Waals surface area contributed by atoms with Crippen LogP contribution in [0.3, 0.4) is 0 Å². The van der Waals surface area contributed by atoms with Gasteiger partial charge in [-0.3, -0.25) is 14.4 Å². The number of piperazine rings is 1. The number of alkyl carbamates (subject to hydrolysis) is 1. The molecule has 1 aliphatic heterocycles. The topological polar surface area (TPSA) is 149 Å². The van der Waals surface area contributed by atoms with E-state index in [4.69, 9.17) is 9.47 Å². The molecular formula is C27H40N7O6S+. The Hall–Kier alpha value is -3.49. The largest absolute Gasteiger partial charge is 0.493 e. The molecule has 3 aromatic rings. The highest BCUT2D eigenvalue weighted by atomic mass is 32.2. The summed E-state index contributed by atoms with van der Waals surface area (Å²) in [6.07, 6.45) is 1.06. The minimum atomic E-state index is -3.88. The second-order valence-electron chi connectivity index (χ2n) is 10.9. The number of rotatable bonds is 10. The number of likely N-dealkylation sites (N-methyl/N-ethyl adjacent to an activating group) is 1. The third-order valence-electron chi connectivity index (χ3n) is 7.20. The van der Waals surface area contributed by atoms with E-state index in [0.717, 1.165) is 12.1 Å². The first-order valence-electron chi connectivity index (χ1n) is 13.9. The normalized spacial score (nSPS) is 15.8. The Balaban J connectivity index is 1.64. The molecule has 0 aliphatic carbocycles. The maximum atomic E-state index is 13.8. The number of ether oxygens (including phenoxy) is 2. The molecule has 4 rings (SSSR count). The van der Waals surface area contributed by atoms with Crippen LogP contribution in [0.4, 0.5) is 4.79 Å². The van der Waals surface area contributed by atoms with Crippen molar-refractivity contribution in [1.29, 1.82) is 0 Å². The minimum Gasteiger partial charge on any atom is -0.493 e. The third-order valence-corrected chi connectivity index (χ3v) is 9.09. The molecule has 0 radical (unpaired) electrons. The maximum absolute atomic E-state index is 13.8. The lowest BCUT2D eigenvalue weighted by atomic mass is 10.1. The predicted octanol–water partition coefficient (Wildman–Crippen LogP) is 2.22. The fourth-order valence-corrected chi connectivity index (χ4v) is 6.39. The summed E-state index contributed by atoms with van der Waals surface area (Å²) in [4.78, 5) is 29.2. The summed E-state index contributed by atoms with van der Waals surface area (Å²) >= 11 is 0. The smallest absolute Gasteiger partial charge is 0.411 e. The molecule has 0 atom stereocenters. The molecule has 1 amide bonds. The number of aryl methyl sites for hydroxylation is 2. The Morgan fingerprint density at radius 1 is 1.22 bits per heavy atom. The summed E-state index contributed by atoms with van der Waals surface area (Å²) in [6.45, 7) is 9.54. The Labute approximate surface area is 240 Å². The summed E-state index contributed by atoms with van der Waals surface area (Å²) in [5.74, 6) is 0.718. The number of quaternary nitrogens is 1. The van der Waals surface area contributed by atoms with E-state index < -0.39 is 21.7 Å². The summed E-state index contributed by atoms with van der Waals surface area (Å²) in [5.41, 5.74) is 1.59. The lowest BCUT2D eigenvalue weighted by Crippen LogP contribution is -2.59.